The van der Waals surface area contributed by atoms with Crippen molar-refractivity contribution in [2.45, 2.75) is 38.6 Å². The van der Waals surface area contributed by atoms with E-state index < -0.39 is 0 Å². The molecule has 1 atom stereocenters. The molecule has 0 amide bonds. The van der Waals surface area contributed by atoms with Gasteiger partial charge in [0.15, 0.2) is 0 Å². The molecule has 1 heterocycles. The van der Waals surface area contributed by atoms with Crippen LogP contribution in [-0.2, 0) is 9.53 Å². The summed E-state index contributed by atoms with van der Waals surface area (Å²) in [7, 11) is 1.45. The van der Waals surface area contributed by atoms with E-state index in [9.17, 15) is 4.79 Å². The Bertz CT molecular complexity index is 461. The van der Waals surface area contributed by atoms with Gasteiger partial charge in [-0.3, -0.25) is 9.69 Å². The average molecular weight is 291 g/mol. The van der Waals surface area contributed by atoms with Crippen molar-refractivity contribution < 1.29 is 14.3 Å². The molecule has 4 nitrogen and oxygen atoms in total. The van der Waals surface area contributed by atoms with Crippen LogP contribution in [0.5, 0.6) is 5.75 Å². The van der Waals surface area contributed by atoms with Gasteiger partial charge >= 0.3 is 5.97 Å². The number of methoxy groups -OCH3 is 1. The van der Waals surface area contributed by atoms with Crippen LogP contribution >= 0.6 is 0 Å². The molecular formula is C17H25NO3. The number of likely N-dealkylation sites (tertiary alicyclic amines) is 1. The minimum Gasteiger partial charge on any atom is -0.492 e. The molecule has 0 aliphatic carbocycles. The minimum atomic E-state index is -0.119. The Hall–Kier alpha value is -1.55. The van der Waals surface area contributed by atoms with Crippen LogP contribution < -0.4 is 4.74 Å². The Morgan fingerprint density at radius 3 is 3.00 bits per heavy atom. The summed E-state index contributed by atoms with van der Waals surface area (Å²) in [5.41, 5.74) is 1.20. The number of carbonyl (C=O) groups excluding carboxylic acids is 1. The number of esters is 1. The quantitative estimate of drug-likeness (QED) is 0.756. The van der Waals surface area contributed by atoms with Crippen molar-refractivity contribution in [1.29, 1.82) is 0 Å². The van der Waals surface area contributed by atoms with Gasteiger partial charge in [0.25, 0.3) is 0 Å². The van der Waals surface area contributed by atoms with E-state index in [0.29, 0.717) is 19.1 Å². The summed E-state index contributed by atoms with van der Waals surface area (Å²) < 4.78 is 10.6. The molecule has 21 heavy (non-hydrogen) atoms. The lowest BCUT2D eigenvalue weighted by molar-refractivity contribution is -0.142. The molecule has 1 fully saturated rings. The fourth-order valence-corrected chi connectivity index (χ4v) is 2.85. The maximum atomic E-state index is 11.5. The Morgan fingerprint density at radius 1 is 1.38 bits per heavy atom. The summed E-state index contributed by atoms with van der Waals surface area (Å²) in [6.45, 7) is 4.61. The highest BCUT2D eigenvalue weighted by atomic mass is 16.5. The first-order chi connectivity index (χ1) is 10.2. The number of benzene rings is 1. The number of nitrogens with zero attached hydrogens (tertiary/aromatic N) is 1. The molecule has 0 aromatic heterocycles. The third kappa shape index (κ3) is 5.05. The summed E-state index contributed by atoms with van der Waals surface area (Å²) in [6, 6.07) is 8.39. The highest BCUT2D eigenvalue weighted by Gasteiger charge is 2.24. The summed E-state index contributed by atoms with van der Waals surface area (Å²) in [4.78, 5) is 13.8. The van der Waals surface area contributed by atoms with Crippen molar-refractivity contribution in [3.05, 3.63) is 29.8 Å². The zero-order valence-electron chi connectivity index (χ0n) is 13.0. The van der Waals surface area contributed by atoms with Crippen molar-refractivity contribution in [3.8, 4) is 5.75 Å². The second-order valence-electron chi connectivity index (χ2n) is 5.63. The monoisotopic (exact) mass is 291 g/mol. The predicted molar refractivity (Wildman–Crippen MR) is 82.5 cm³/mol. The van der Waals surface area contributed by atoms with Gasteiger partial charge in [-0.25, -0.2) is 0 Å². The van der Waals surface area contributed by atoms with Crippen molar-refractivity contribution in [1.82, 2.24) is 4.90 Å². The van der Waals surface area contributed by atoms with Crippen molar-refractivity contribution in [2.75, 3.05) is 26.8 Å². The first-order valence-electron chi connectivity index (χ1n) is 7.69. The third-order valence-corrected chi connectivity index (χ3v) is 4.02. The molecule has 0 spiro atoms. The van der Waals surface area contributed by atoms with Crippen LogP contribution in [0.4, 0.5) is 0 Å². The van der Waals surface area contributed by atoms with E-state index in [1.165, 1.54) is 25.5 Å². The normalized spacial score (nSPS) is 19.2. The van der Waals surface area contributed by atoms with Crippen molar-refractivity contribution in [3.63, 3.8) is 0 Å². The molecule has 1 aromatic carbocycles. The second kappa shape index (κ2) is 8.03. The van der Waals surface area contributed by atoms with Gasteiger partial charge < -0.3 is 9.47 Å². The van der Waals surface area contributed by atoms with Gasteiger partial charge in [-0.1, -0.05) is 18.6 Å². The number of ether oxygens (including phenoxy) is 2. The topological polar surface area (TPSA) is 38.8 Å². The molecular weight excluding hydrogens is 266 g/mol. The molecule has 116 valence electrons. The van der Waals surface area contributed by atoms with Crippen LogP contribution in [0.1, 0.15) is 31.2 Å². The number of hydrogen-bond acceptors (Lipinski definition) is 4. The smallest absolute Gasteiger partial charge is 0.307 e. The number of aryl methyl sites for hydroxylation is 1. The van der Waals surface area contributed by atoms with Crippen LogP contribution in [0.15, 0.2) is 24.3 Å². The predicted octanol–water partition coefficient (Wildman–Crippen LogP) is 2.79. The number of carbonyl (C=O) groups is 1. The molecule has 2 rings (SSSR count). The Kier molecular flexibility index (Phi) is 6.05. The van der Waals surface area contributed by atoms with Crippen LogP contribution in [-0.4, -0.2) is 43.7 Å². The van der Waals surface area contributed by atoms with E-state index in [0.717, 1.165) is 25.3 Å². The molecule has 1 saturated heterocycles. The summed E-state index contributed by atoms with van der Waals surface area (Å²) in [6.07, 6.45) is 3.94. The molecule has 0 N–H and O–H groups in total. The maximum Gasteiger partial charge on any atom is 0.307 e. The van der Waals surface area contributed by atoms with E-state index >= 15 is 0 Å². The van der Waals surface area contributed by atoms with Gasteiger partial charge in [0.2, 0.25) is 0 Å². The van der Waals surface area contributed by atoms with Gasteiger partial charge in [-0.15, -0.1) is 0 Å². The van der Waals surface area contributed by atoms with E-state index in [4.69, 9.17) is 9.47 Å². The molecule has 1 aromatic rings. The van der Waals surface area contributed by atoms with Gasteiger partial charge in [0.05, 0.1) is 13.5 Å². The lowest BCUT2D eigenvalue weighted by Gasteiger charge is -2.34. The van der Waals surface area contributed by atoms with Crippen LogP contribution in [0.3, 0.4) is 0 Å². The van der Waals surface area contributed by atoms with E-state index in [-0.39, 0.29) is 5.97 Å². The summed E-state index contributed by atoms with van der Waals surface area (Å²) in [5.74, 6) is 0.794. The summed E-state index contributed by atoms with van der Waals surface area (Å²) in [5, 5.41) is 0. The maximum absolute atomic E-state index is 11.5. The highest BCUT2D eigenvalue weighted by Crippen LogP contribution is 2.20. The van der Waals surface area contributed by atoms with Crippen molar-refractivity contribution in [2.24, 2.45) is 0 Å². The van der Waals surface area contributed by atoms with Gasteiger partial charge in [0.1, 0.15) is 12.4 Å². The number of hydrogen-bond donors (Lipinski definition) is 0. The largest absolute Gasteiger partial charge is 0.492 e. The van der Waals surface area contributed by atoms with Crippen LogP contribution in [0.2, 0.25) is 0 Å². The van der Waals surface area contributed by atoms with Crippen molar-refractivity contribution >= 4 is 5.97 Å². The Balaban J connectivity index is 1.80. The van der Waals surface area contributed by atoms with Gasteiger partial charge in [-0.2, -0.15) is 0 Å². The molecule has 1 aliphatic rings. The Morgan fingerprint density at radius 2 is 2.24 bits per heavy atom. The van der Waals surface area contributed by atoms with Crippen LogP contribution in [0.25, 0.3) is 0 Å². The minimum absolute atomic E-state index is 0.119. The fraction of sp³-hybridized carbons (Fsp3) is 0.588. The number of rotatable bonds is 6. The van der Waals surface area contributed by atoms with E-state index in [1.54, 1.807) is 0 Å². The lowest BCUT2D eigenvalue weighted by atomic mass is 9.99. The first kappa shape index (κ1) is 15.8. The molecule has 1 unspecified atom stereocenters. The van der Waals surface area contributed by atoms with Crippen LogP contribution in [0, 0.1) is 6.92 Å². The lowest BCUT2D eigenvalue weighted by Crippen LogP contribution is -2.43. The zero-order valence-corrected chi connectivity index (χ0v) is 13.0. The van der Waals surface area contributed by atoms with E-state index in [1.807, 2.05) is 18.2 Å². The second-order valence-corrected chi connectivity index (χ2v) is 5.63. The molecule has 0 radical (unpaired) electrons. The van der Waals surface area contributed by atoms with Gasteiger partial charge in [-0.05, 0) is 44.0 Å². The Labute approximate surface area is 127 Å². The SMILES string of the molecule is COC(=O)CC1CCCCN1CCOc1cccc(C)c1. The van der Waals surface area contributed by atoms with Gasteiger partial charge in [0, 0.05) is 12.6 Å². The standard InChI is InChI=1S/C17H25NO3/c1-14-6-5-8-16(12-14)21-11-10-18-9-4-3-7-15(18)13-17(19)20-2/h5-6,8,12,15H,3-4,7,9-11,13H2,1-2H3. The molecule has 0 bridgehead atoms. The third-order valence-electron chi connectivity index (χ3n) is 4.02. The zero-order chi connectivity index (χ0) is 15.1. The average Bonchev–Trinajstić information content (AvgIpc) is 2.49. The first-order valence-corrected chi connectivity index (χ1v) is 7.69. The highest BCUT2D eigenvalue weighted by molar-refractivity contribution is 5.69. The summed E-state index contributed by atoms with van der Waals surface area (Å²) >= 11 is 0. The molecule has 4 heteroatoms. The van der Waals surface area contributed by atoms with E-state index in [2.05, 4.69) is 17.9 Å². The fourth-order valence-electron chi connectivity index (χ4n) is 2.85. The molecule has 1 aliphatic heterocycles. The number of piperidine rings is 1. The molecule has 0 saturated carbocycles.